The Morgan fingerprint density at radius 3 is 2.24 bits per heavy atom. The maximum atomic E-state index is 13.5. The third kappa shape index (κ3) is 9.20. The summed E-state index contributed by atoms with van der Waals surface area (Å²) in [6.45, 7) is 8.10. The minimum atomic E-state index is -3.68. The normalized spacial score (nSPS) is 13.1. The second-order valence-corrected chi connectivity index (χ2v) is 12.0. The van der Waals surface area contributed by atoms with E-state index in [1.165, 1.54) is 12.1 Å². The summed E-state index contributed by atoms with van der Waals surface area (Å²) in [6.07, 6.45) is 2.61. The van der Waals surface area contributed by atoms with Crippen molar-refractivity contribution in [1.29, 1.82) is 0 Å². The van der Waals surface area contributed by atoms with E-state index in [9.17, 15) is 18.0 Å². The molecule has 37 heavy (non-hydrogen) atoms. The predicted molar refractivity (Wildman–Crippen MR) is 152 cm³/mol. The van der Waals surface area contributed by atoms with Gasteiger partial charge in [0.15, 0.2) is 0 Å². The first kappa shape index (κ1) is 30.9. The average Bonchev–Trinajstić information content (AvgIpc) is 2.83. The topological polar surface area (TPSA) is 86.8 Å². The third-order valence-corrected chi connectivity index (χ3v) is 7.92. The van der Waals surface area contributed by atoms with Gasteiger partial charge < -0.3 is 10.2 Å². The second-order valence-electron chi connectivity index (χ2n) is 9.28. The summed E-state index contributed by atoms with van der Waals surface area (Å²) >= 11 is 12.3. The molecule has 2 aromatic carbocycles. The lowest BCUT2D eigenvalue weighted by atomic mass is 10.1. The average molecular weight is 571 g/mol. The van der Waals surface area contributed by atoms with Gasteiger partial charge >= 0.3 is 0 Å². The molecule has 0 saturated heterocycles. The Balaban J connectivity index is 2.25. The van der Waals surface area contributed by atoms with E-state index in [1.54, 1.807) is 11.0 Å². The number of carbonyl (C=O) groups is 2. The van der Waals surface area contributed by atoms with Gasteiger partial charge in [0.1, 0.15) is 6.04 Å². The zero-order valence-electron chi connectivity index (χ0n) is 22.1. The van der Waals surface area contributed by atoms with Gasteiger partial charge in [0.05, 0.1) is 17.0 Å². The van der Waals surface area contributed by atoms with Crippen molar-refractivity contribution < 1.29 is 18.0 Å². The third-order valence-electron chi connectivity index (χ3n) is 6.19. The van der Waals surface area contributed by atoms with Gasteiger partial charge in [-0.05, 0) is 56.9 Å². The molecular formula is C27H37Cl2N3O4S. The summed E-state index contributed by atoms with van der Waals surface area (Å²) in [5.41, 5.74) is 2.28. The molecule has 0 heterocycles. The van der Waals surface area contributed by atoms with Crippen LogP contribution in [0.15, 0.2) is 42.5 Å². The molecule has 1 N–H and O–H groups in total. The van der Waals surface area contributed by atoms with Crippen LogP contribution in [0.3, 0.4) is 0 Å². The van der Waals surface area contributed by atoms with Crippen LogP contribution in [0.1, 0.15) is 57.6 Å². The van der Waals surface area contributed by atoms with Crippen LogP contribution in [0.4, 0.5) is 5.69 Å². The van der Waals surface area contributed by atoms with Crippen molar-refractivity contribution in [2.45, 2.75) is 72.0 Å². The molecule has 0 aliphatic carbocycles. The number of nitrogens with zero attached hydrogens (tertiary/aromatic N) is 2. The van der Waals surface area contributed by atoms with Gasteiger partial charge in [-0.2, -0.15) is 0 Å². The van der Waals surface area contributed by atoms with E-state index in [4.69, 9.17) is 23.2 Å². The van der Waals surface area contributed by atoms with Crippen LogP contribution in [-0.4, -0.2) is 50.0 Å². The van der Waals surface area contributed by atoms with Crippen molar-refractivity contribution in [1.82, 2.24) is 10.2 Å². The van der Waals surface area contributed by atoms with Crippen molar-refractivity contribution in [2.24, 2.45) is 0 Å². The Hall–Kier alpha value is -2.29. The minimum absolute atomic E-state index is 0.0105. The van der Waals surface area contributed by atoms with Crippen molar-refractivity contribution in [3.63, 3.8) is 0 Å². The number of benzene rings is 2. The summed E-state index contributed by atoms with van der Waals surface area (Å²) in [7, 11) is -3.68. The van der Waals surface area contributed by atoms with Crippen molar-refractivity contribution >= 4 is 50.7 Å². The van der Waals surface area contributed by atoms with Gasteiger partial charge in [-0.25, -0.2) is 8.42 Å². The van der Waals surface area contributed by atoms with E-state index in [2.05, 4.69) is 5.32 Å². The van der Waals surface area contributed by atoms with Crippen molar-refractivity contribution in [2.75, 3.05) is 17.1 Å². The first-order valence-electron chi connectivity index (χ1n) is 12.5. The maximum absolute atomic E-state index is 13.5. The second kappa shape index (κ2) is 14.0. The molecule has 7 nitrogen and oxygen atoms in total. The highest BCUT2D eigenvalue weighted by atomic mass is 35.5. The van der Waals surface area contributed by atoms with Crippen LogP contribution < -0.4 is 9.62 Å². The first-order chi connectivity index (χ1) is 17.4. The zero-order chi connectivity index (χ0) is 27.8. The maximum Gasteiger partial charge on any atom is 0.243 e. The van der Waals surface area contributed by atoms with E-state index in [0.29, 0.717) is 11.4 Å². The van der Waals surface area contributed by atoms with E-state index in [0.717, 1.165) is 28.1 Å². The van der Waals surface area contributed by atoms with Gasteiger partial charge in [-0.15, -0.1) is 0 Å². The highest BCUT2D eigenvalue weighted by Crippen LogP contribution is 2.31. The Bertz CT molecular complexity index is 1170. The molecule has 0 aromatic heterocycles. The van der Waals surface area contributed by atoms with Crippen LogP contribution in [0.5, 0.6) is 0 Å². The Morgan fingerprint density at radius 1 is 1.03 bits per heavy atom. The molecule has 0 spiro atoms. The summed E-state index contributed by atoms with van der Waals surface area (Å²) in [4.78, 5) is 28.2. The van der Waals surface area contributed by atoms with Crippen LogP contribution >= 0.6 is 23.2 Å². The summed E-state index contributed by atoms with van der Waals surface area (Å²) < 4.78 is 26.2. The predicted octanol–water partition coefficient (Wildman–Crippen LogP) is 5.57. The van der Waals surface area contributed by atoms with Crippen molar-refractivity contribution in [3.8, 4) is 0 Å². The minimum Gasteiger partial charge on any atom is -0.352 e. The molecule has 0 fully saturated rings. The number of halogens is 2. The van der Waals surface area contributed by atoms with Crippen LogP contribution in [0.25, 0.3) is 0 Å². The zero-order valence-corrected chi connectivity index (χ0v) is 24.5. The highest BCUT2D eigenvalue weighted by molar-refractivity contribution is 7.92. The van der Waals surface area contributed by atoms with E-state index < -0.39 is 16.1 Å². The number of hydrogen-bond donors (Lipinski definition) is 1. The van der Waals surface area contributed by atoms with Crippen LogP contribution in [0, 0.1) is 6.92 Å². The highest BCUT2D eigenvalue weighted by Gasteiger charge is 2.29. The summed E-state index contributed by atoms with van der Waals surface area (Å²) in [5.74, 6) is -0.418. The van der Waals surface area contributed by atoms with Gasteiger partial charge in [0, 0.05) is 30.6 Å². The lowest BCUT2D eigenvalue weighted by Crippen LogP contribution is -2.50. The van der Waals surface area contributed by atoms with Gasteiger partial charge in [0.2, 0.25) is 21.8 Å². The Morgan fingerprint density at radius 2 is 1.68 bits per heavy atom. The van der Waals surface area contributed by atoms with Gasteiger partial charge in [-0.1, -0.05) is 66.9 Å². The molecule has 0 aliphatic heterocycles. The lowest BCUT2D eigenvalue weighted by Gasteiger charge is -2.32. The lowest BCUT2D eigenvalue weighted by molar-refractivity contribution is -0.141. The largest absolute Gasteiger partial charge is 0.352 e. The van der Waals surface area contributed by atoms with Crippen LogP contribution in [-0.2, 0) is 26.2 Å². The quantitative estimate of drug-likeness (QED) is 0.341. The number of carbonyl (C=O) groups excluding carboxylic acids is 2. The molecule has 0 aliphatic rings. The first-order valence-corrected chi connectivity index (χ1v) is 15.1. The number of nitrogens with one attached hydrogen (secondary N) is 1. The number of hydrogen-bond acceptors (Lipinski definition) is 4. The number of anilines is 1. The van der Waals surface area contributed by atoms with Crippen LogP contribution in [0.2, 0.25) is 10.0 Å². The SMILES string of the molecule is CCC(C)NC(=O)C(CC)N(Cc1ccc(C)cc1)C(=O)CCCN(c1cc(Cl)ccc1Cl)S(C)(=O)=O. The van der Waals surface area contributed by atoms with E-state index in [1.807, 2.05) is 52.0 Å². The molecule has 2 atom stereocenters. The molecule has 0 saturated carbocycles. The molecule has 2 amide bonds. The number of amides is 2. The monoisotopic (exact) mass is 569 g/mol. The molecule has 204 valence electrons. The Kier molecular flexibility index (Phi) is 11.7. The Labute approximate surface area is 231 Å². The fourth-order valence-electron chi connectivity index (χ4n) is 3.91. The van der Waals surface area contributed by atoms with E-state index in [-0.39, 0.29) is 54.5 Å². The molecule has 2 rings (SSSR count). The standard InChI is InChI=1S/C27H37Cl2N3O4S/c1-6-20(4)30-27(34)24(7-2)31(18-21-12-10-19(3)11-13-21)26(33)9-8-16-32(37(5,35)36)25-17-22(28)14-15-23(25)29/h10-15,17,20,24H,6-9,16,18H2,1-5H3,(H,30,34). The van der Waals surface area contributed by atoms with Gasteiger partial charge in [0.25, 0.3) is 0 Å². The number of aryl methyl sites for hydroxylation is 1. The van der Waals surface area contributed by atoms with Gasteiger partial charge in [-0.3, -0.25) is 13.9 Å². The molecule has 2 aromatic rings. The fraction of sp³-hybridized carbons (Fsp3) is 0.481. The number of rotatable bonds is 13. The molecule has 0 bridgehead atoms. The summed E-state index contributed by atoms with van der Waals surface area (Å²) in [6, 6.07) is 11.8. The molecule has 2 unspecified atom stereocenters. The van der Waals surface area contributed by atoms with Crippen molar-refractivity contribution in [3.05, 3.63) is 63.6 Å². The summed E-state index contributed by atoms with van der Waals surface area (Å²) in [5, 5.41) is 3.59. The smallest absolute Gasteiger partial charge is 0.243 e. The van der Waals surface area contributed by atoms with E-state index >= 15 is 0 Å². The molecular weight excluding hydrogens is 533 g/mol. The fourth-order valence-corrected chi connectivity index (χ4v) is 5.32. The number of sulfonamides is 1. The molecule has 10 heteroatoms. The molecule has 0 radical (unpaired) electrons.